The van der Waals surface area contributed by atoms with Gasteiger partial charge in [-0.15, -0.1) is 0 Å². The Balaban J connectivity index is 2.69. The maximum atomic E-state index is 11.9. The van der Waals surface area contributed by atoms with Gasteiger partial charge in [0.25, 0.3) is 0 Å². The second kappa shape index (κ2) is 4.25. The van der Waals surface area contributed by atoms with Gasteiger partial charge in [0.15, 0.2) is 0 Å². The summed E-state index contributed by atoms with van der Waals surface area (Å²) in [6.07, 6.45) is 1.55. The Bertz CT molecular complexity index is 668. The van der Waals surface area contributed by atoms with Crippen LogP contribution in [0.15, 0.2) is 35.4 Å². The number of nitrogens with zero attached hydrogens (tertiary/aromatic N) is 2. The quantitative estimate of drug-likeness (QED) is 0.840. The van der Waals surface area contributed by atoms with Crippen molar-refractivity contribution in [3.8, 4) is 0 Å². The van der Waals surface area contributed by atoms with Gasteiger partial charge in [-0.3, -0.25) is 4.98 Å². The molecule has 0 N–H and O–H groups in total. The Morgan fingerprint density at radius 1 is 1.24 bits per heavy atom. The Hall–Kier alpha value is -1.17. The summed E-state index contributed by atoms with van der Waals surface area (Å²) in [5, 5.41) is 1.30. The number of fused-ring (bicyclic) bond motifs is 1. The number of hydrogen-bond acceptors (Lipinski definition) is 3. The Kier molecular flexibility index (Phi) is 3.07. The van der Waals surface area contributed by atoms with Crippen LogP contribution in [0.25, 0.3) is 10.9 Å². The number of rotatable bonds is 2. The van der Waals surface area contributed by atoms with E-state index in [2.05, 4.69) is 4.98 Å². The van der Waals surface area contributed by atoms with Crippen LogP contribution >= 0.6 is 11.6 Å². The second-order valence-electron chi connectivity index (χ2n) is 3.76. The van der Waals surface area contributed by atoms with Crippen LogP contribution in [-0.4, -0.2) is 31.8 Å². The molecule has 1 heterocycles. The number of hydrogen-bond donors (Lipinski definition) is 0. The van der Waals surface area contributed by atoms with Crippen molar-refractivity contribution in [3.05, 3.63) is 35.5 Å². The average Bonchev–Trinajstić information content (AvgIpc) is 2.28. The predicted octanol–water partition coefficient (Wildman–Crippen LogP) is 2.14. The van der Waals surface area contributed by atoms with E-state index in [4.69, 9.17) is 11.6 Å². The molecule has 0 saturated carbocycles. The van der Waals surface area contributed by atoms with Crippen LogP contribution in [0.3, 0.4) is 0 Å². The molecule has 0 unspecified atom stereocenters. The molecule has 2 aromatic rings. The molecule has 0 aliphatic carbocycles. The third kappa shape index (κ3) is 2.13. The van der Waals surface area contributed by atoms with Crippen LogP contribution in [-0.2, 0) is 10.0 Å². The molecule has 0 aliphatic rings. The van der Waals surface area contributed by atoms with E-state index in [0.717, 1.165) is 5.39 Å². The highest BCUT2D eigenvalue weighted by molar-refractivity contribution is 7.89. The lowest BCUT2D eigenvalue weighted by atomic mass is 10.2. The Morgan fingerprint density at radius 2 is 1.94 bits per heavy atom. The molecular weight excluding hydrogens is 260 g/mol. The van der Waals surface area contributed by atoms with Gasteiger partial charge >= 0.3 is 0 Å². The average molecular weight is 271 g/mol. The van der Waals surface area contributed by atoms with E-state index in [0.29, 0.717) is 10.5 Å². The van der Waals surface area contributed by atoms with Gasteiger partial charge in [0.1, 0.15) is 0 Å². The van der Waals surface area contributed by atoms with E-state index in [-0.39, 0.29) is 4.90 Å². The zero-order valence-electron chi connectivity index (χ0n) is 9.38. The third-order valence-electron chi connectivity index (χ3n) is 2.44. The summed E-state index contributed by atoms with van der Waals surface area (Å²) in [5.41, 5.74) is 0.570. The highest BCUT2D eigenvalue weighted by Gasteiger charge is 2.17. The number of aromatic nitrogens is 1. The normalized spacial score (nSPS) is 12.2. The van der Waals surface area contributed by atoms with Gasteiger partial charge in [0.05, 0.1) is 15.4 Å². The molecule has 0 bridgehead atoms. The van der Waals surface area contributed by atoms with Crippen LogP contribution < -0.4 is 0 Å². The number of pyridine rings is 1. The largest absolute Gasteiger partial charge is 0.256 e. The zero-order valence-corrected chi connectivity index (χ0v) is 11.0. The first-order valence-corrected chi connectivity index (χ1v) is 6.71. The predicted molar refractivity (Wildman–Crippen MR) is 67.6 cm³/mol. The van der Waals surface area contributed by atoms with Crippen molar-refractivity contribution in [1.82, 2.24) is 9.29 Å². The summed E-state index contributed by atoms with van der Waals surface area (Å²) in [4.78, 5) is 4.32. The van der Waals surface area contributed by atoms with E-state index in [1.807, 2.05) is 0 Å². The Labute approximate surface area is 105 Å². The maximum Gasteiger partial charge on any atom is 0.242 e. The van der Waals surface area contributed by atoms with Crippen LogP contribution in [0.4, 0.5) is 0 Å². The molecule has 0 spiro atoms. The van der Waals surface area contributed by atoms with Crippen LogP contribution in [0.2, 0.25) is 5.02 Å². The lowest BCUT2D eigenvalue weighted by Gasteiger charge is -2.11. The minimum Gasteiger partial charge on any atom is -0.256 e. The van der Waals surface area contributed by atoms with E-state index in [9.17, 15) is 8.42 Å². The molecule has 1 aromatic carbocycles. The van der Waals surface area contributed by atoms with Gasteiger partial charge in [-0.25, -0.2) is 12.7 Å². The van der Waals surface area contributed by atoms with Crippen molar-refractivity contribution in [3.63, 3.8) is 0 Å². The van der Waals surface area contributed by atoms with Gasteiger partial charge < -0.3 is 0 Å². The van der Waals surface area contributed by atoms with E-state index in [1.165, 1.54) is 30.5 Å². The van der Waals surface area contributed by atoms with Crippen LogP contribution in [0, 0.1) is 0 Å². The third-order valence-corrected chi connectivity index (χ3v) is 4.58. The van der Waals surface area contributed by atoms with Crippen LogP contribution in [0.1, 0.15) is 0 Å². The molecule has 4 nitrogen and oxygen atoms in total. The van der Waals surface area contributed by atoms with Crippen molar-refractivity contribution >= 4 is 32.5 Å². The Morgan fingerprint density at radius 3 is 2.59 bits per heavy atom. The van der Waals surface area contributed by atoms with Crippen molar-refractivity contribution < 1.29 is 8.42 Å². The SMILES string of the molecule is CN(C)S(=O)(=O)c1ccc2c(Cl)ccnc2c1. The first-order chi connectivity index (χ1) is 7.93. The summed E-state index contributed by atoms with van der Waals surface area (Å²) >= 11 is 5.99. The first kappa shape index (κ1) is 12.3. The monoisotopic (exact) mass is 270 g/mol. The highest BCUT2D eigenvalue weighted by Crippen LogP contribution is 2.24. The second-order valence-corrected chi connectivity index (χ2v) is 6.32. The lowest BCUT2D eigenvalue weighted by Crippen LogP contribution is -2.22. The summed E-state index contributed by atoms with van der Waals surface area (Å²) in [7, 11) is -0.449. The molecule has 0 aliphatic heterocycles. The van der Waals surface area contributed by atoms with Crippen molar-refractivity contribution in [1.29, 1.82) is 0 Å². The smallest absolute Gasteiger partial charge is 0.242 e. The first-order valence-electron chi connectivity index (χ1n) is 4.90. The minimum atomic E-state index is -3.43. The summed E-state index contributed by atoms with van der Waals surface area (Å²) in [5.74, 6) is 0. The van der Waals surface area contributed by atoms with Crippen molar-refractivity contribution in [2.45, 2.75) is 4.90 Å². The fourth-order valence-corrected chi connectivity index (χ4v) is 2.60. The summed E-state index contributed by atoms with van der Waals surface area (Å²) in [6.45, 7) is 0. The topological polar surface area (TPSA) is 50.3 Å². The van der Waals surface area contributed by atoms with Gasteiger partial charge in [-0.05, 0) is 24.3 Å². The minimum absolute atomic E-state index is 0.213. The summed E-state index contributed by atoms with van der Waals surface area (Å²) in [6, 6.07) is 6.40. The van der Waals surface area contributed by atoms with E-state index < -0.39 is 10.0 Å². The van der Waals surface area contributed by atoms with Crippen molar-refractivity contribution in [2.24, 2.45) is 0 Å². The number of benzene rings is 1. The molecule has 0 amide bonds. The molecule has 0 atom stereocenters. The molecule has 0 saturated heterocycles. The van der Waals surface area contributed by atoms with E-state index >= 15 is 0 Å². The van der Waals surface area contributed by atoms with Crippen LogP contribution in [0.5, 0.6) is 0 Å². The van der Waals surface area contributed by atoms with Gasteiger partial charge in [0.2, 0.25) is 10.0 Å². The molecule has 0 fully saturated rings. The molecule has 17 heavy (non-hydrogen) atoms. The fourth-order valence-electron chi connectivity index (χ4n) is 1.46. The van der Waals surface area contributed by atoms with Gasteiger partial charge in [-0.2, -0.15) is 0 Å². The molecule has 2 rings (SSSR count). The number of sulfonamides is 1. The van der Waals surface area contributed by atoms with Crippen molar-refractivity contribution in [2.75, 3.05) is 14.1 Å². The zero-order chi connectivity index (χ0) is 12.6. The van der Waals surface area contributed by atoms with E-state index in [1.54, 1.807) is 18.3 Å². The molecule has 0 radical (unpaired) electrons. The molecule has 1 aromatic heterocycles. The maximum absolute atomic E-state index is 11.9. The van der Waals surface area contributed by atoms with Gasteiger partial charge in [-0.1, -0.05) is 11.6 Å². The summed E-state index contributed by atoms with van der Waals surface area (Å²) < 4.78 is 25.0. The number of halogens is 1. The molecule has 90 valence electrons. The lowest BCUT2D eigenvalue weighted by molar-refractivity contribution is 0.521. The molecule has 6 heteroatoms. The standard InChI is InChI=1S/C11H11ClN2O2S/c1-14(2)17(15,16)8-3-4-9-10(12)5-6-13-11(9)7-8/h3-7H,1-2H3. The molecular formula is C11H11ClN2O2S. The van der Waals surface area contributed by atoms with Gasteiger partial charge in [0, 0.05) is 25.7 Å². The highest BCUT2D eigenvalue weighted by atomic mass is 35.5. The fraction of sp³-hybridized carbons (Fsp3) is 0.182.